The van der Waals surface area contributed by atoms with Gasteiger partial charge in [0.2, 0.25) is 11.8 Å². The monoisotopic (exact) mass is 440 g/mol. The second kappa shape index (κ2) is 8.87. The first-order chi connectivity index (χ1) is 14.3. The third-order valence-electron chi connectivity index (χ3n) is 5.63. The number of amides is 3. The summed E-state index contributed by atoms with van der Waals surface area (Å²) in [4.78, 5) is 50.8. The molecule has 1 aromatic rings. The number of aromatic hydroxyl groups is 1. The van der Waals surface area contributed by atoms with Crippen molar-refractivity contribution in [3.8, 4) is 5.75 Å². The molecule has 3 atom stereocenters. The summed E-state index contributed by atoms with van der Waals surface area (Å²) in [6, 6.07) is 5.11. The number of carboxylic acids is 1. The van der Waals surface area contributed by atoms with Crippen LogP contribution in [0.25, 0.3) is 0 Å². The number of carbonyl (C=O) groups is 4. The molecule has 0 unspecified atom stereocenters. The van der Waals surface area contributed by atoms with Crippen molar-refractivity contribution in [2.75, 3.05) is 25.0 Å². The molecule has 1 aromatic carbocycles. The van der Waals surface area contributed by atoms with E-state index in [9.17, 15) is 29.4 Å². The Labute approximate surface area is 200 Å². The summed E-state index contributed by atoms with van der Waals surface area (Å²) in [6.45, 7) is 0.0944. The van der Waals surface area contributed by atoms with Crippen LogP contribution in [0.15, 0.2) is 35.5 Å². The van der Waals surface area contributed by atoms with Crippen LogP contribution in [-0.4, -0.2) is 75.7 Å². The van der Waals surface area contributed by atoms with Crippen molar-refractivity contribution in [3.05, 3.63) is 35.5 Å². The number of hydrogen-bond acceptors (Lipinski definition) is 7. The topological polar surface area (TPSA) is 162 Å². The third-order valence-corrected chi connectivity index (χ3v) is 5.63. The van der Waals surface area contributed by atoms with E-state index in [4.69, 9.17) is 10.5 Å². The number of rotatable bonds is 6. The molecule has 2 fully saturated rings. The number of anilines is 1. The van der Waals surface area contributed by atoms with Gasteiger partial charge in [-0.15, -0.1) is 0 Å². The molecule has 0 saturated carbocycles. The van der Waals surface area contributed by atoms with Gasteiger partial charge in [-0.1, -0.05) is 0 Å². The fraction of sp³-hybridized carbons (Fsp3) is 0.368. The standard InChI is InChI=1S/C19H20N4O7.Na.H/c20-19(29)30-8-10-5-9-6-22(7-13(25)21-11-1-3-12(24)4-2-11)16-14(9)23(17(16)26)15(10)18(27)28;;/h1-4,9,14,16,24H,5-8H2,(H2,20,29)(H,21,25)(H,27,28);;/q;+1;-1/t9-,14-,16+;;/m1../s1. The minimum atomic E-state index is -1.27. The number of phenolic OH excluding ortho intramolecular Hbond substituents is 1. The first-order valence-electron chi connectivity index (χ1n) is 9.30. The molecule has 3 heterocycles. The van der Waals surface area contributed by atoms with Crippen molar-refractivity contribution in [2.45, 2.75) is 18.5 Å². The van der Waals surface area contributed by atoms with Crippen molar-refractivity contribution >= 4 is 29.6 Å². The smallest absolute Gasteiger partial charge is 1.00 e. The van der Waals surface area contributed by atoms with Crippen LogP contribution in [0.2, 0.25) is 0 Å². The Morgan fingerprint density at radius 2 is 1.94 bits per heavy atom. The maximum atomic E-state index is 12.7. The number of hydrogen-bond donors (Lipinski definition) is 4. The van der Waals surface area contributed by atoms with Crippen molar-refractivity contribution in [1.29, 1.82) is 0 Å². The Bertz CT molecular complexity index is 971. The summed E-state index contributed by atoms with van der Waals surface area (Å²) in [5, 5.41) is 21.6. The van der Waals surface area contributed by atoms with Crippen LogP contribution in [0.4, 0.5) is 10.5 Å². The van der Waals surface area contributed by atoms with Crippen LogP contribution >= 0.6 is 0 Å². The van der Waals surface area contributed by atoms with E-state index in [0.717, 1.165) is 0 Å². The molecule has 3 aliphatic heterocycles. The predicted octanol–water partition coefficient (Wildman–Crippen LogP) is -3.20. The summed E-state index contributed by atoms with van der Waals surface area (Å²) in [6.07, 6.45) is -0.697. The molecule has 0 aliphatic carbocycles. The fourth-order valence-corrected chi connectivity index (χ4v) is 4.52. The maximum absolute atomic E-state index is 12.7. The number of carbonyl (C=O) groups excluding carboxylic acids is 3. The first-order valence-corrected chi connectivity index (χ1v) is 9.30. The molecule has 0 bridgehead atoms. The summed E-state index contributed by atoms with van der Waals surface area (Å²) in [5.74, 6) is -1.99. The number of benzene rings is 1. The second-order valence-corrected chi connectivity index (χ2v) is 7.50. The van der Waals surface area contributed by atoms with E-state index < -0.39 is 24.0 Å². The van der Waals surface area contributed by atoms with Crippen molar-refractivity contribution < 1.29 is 65.1 Å². The van der Waals surface area contributed by atoms with Crippen LogP contribution in [0.3, 0.4) is 0 Å². The molecule has 2 saturated heterocycles. The van der Waals surface area contributed by atoms with E-state index in [0.29, 0.717) is 24.2 Å². The second-order valence-electron chi connectivity index (χ2n) is 7.50. The van der Waals surface area contributed by atoms with E-state index in [2.05, 4.69) is 5.32 Å². The molecule has 160 valence electrons. The van der Waals surface area contributed by atoms with Crippen molar-refractivity contribution in [1.82, 2.24) is 9.80 Å². The minimum Gasteiger partial charge on any atom is -1.00 e. The molecule has 3 amide bonds. The largest absolute Gasteiger partial charge is 1.00 e. The molecule has 4 rings (SSSR count). The number of phenols is 1. The molecule has 0 aromatic heterocycles. The van der Waals surface area contributed by atoms with Crippen molar-refractivity contribution in [2.24, 2.45) is 11.7 Å². The third kappa shape index (κ3) is 4.26. The van der Waals surface area contributed by atoms with Crippen LogP contribution in [0.1, 0.15) is 7.85 Å². The minimum absolute atomic E-state index is 0. The molecule has 0 radical (unpaired) electrons. The number of ether oxygens (including phenoxy) is 1. The average molecular weight is 440 g/mol. The summed E-state index contributed by atoms with van der Waals surface area (Å²) in [7, 11) is 0. The van der Waals surface area contributed by atoms with Gasteiger partial charge in [-0.05, 0) is 42.2 Å². The van der Waals surface area contributed by atoms with E-state index in [1.54, 1.807) is 17.0 Å². The van der Waals surface area contributed by atoms with Gasteiger partial charge in [0.15, 0.2) is 0 Å². The molecular formula is C19H21N4NaO7. The van der Waals surface area contributed by atoms with E-state index in [1.807, 2.05) is 0 Å². The number of β-lactam (4-membered cyclic amide) rings is 1. The van der Waals surface area contributed by atoms with E-state index >= 15 is 0 Å². The zero-order valence-electron chi connectivity index (χ0n) is 17.8. The number of nitrogens with two attached hydrogens (primary N) is 1. The van der Waals surface area contributed by atoms with Gasteiger partial charge in [0.25, 0.3) is 0 Å². The van der Waals surface area contributed by atoms with Gasteiger partial charge < -0.3 is 27.4 Å². The van der Waals surface area contributed by atoms with Gasteiger partial charge in [-0.25, -0.2) is 9.59 Å². The number of aliphatic carboxylic acids is 1. The normalized spacial score (nSPS) is 24.1. The average Bonchev–Trinajstić information content (AvgIpc) is 3.01. The molecule has 31 heavy (non-hydrogen) atoms. The molecule has 5 N–H and O–H groups in total. The van der Waals surface area contributed by atoms with E-state index in [-0.39, 0.29) is 73.4 Å². The zero-order valence-corrected chi connectivity index (χ0v) is 18.8. The fourth-order valence-electron chi connectivity index (χ4n) is 4.52. The van der Waals surface area contributed by atoms with Gasteiger partial charge in [0, 0.05) is 12.2 Å². The molecule has 12 heteroatoms. The number of nitrogens with zero attached hydrogens (tertiary/aromatic N) is 2. The first kappa shape index (κ1) is 23.1. The molecule has 3 aliphatic rings. The van der Waals surface area contributed by atoms with Crippen LogP contribution < -0.4 is 40.6 Å². The summed E-state index contributed by atoms with van der Waals surface area (Å²) >= 11 is 0. The number of primary amides is 1. The Morgan fingerprint density at radius 1 is 1.26 bits per heavy atom. The Morgan fingerprint density at radius 3 is 2.55 bits per heavy atom. The van der Waals surface area contributed by atoms with Gasteiger partial charge in [-0.3, -0.25) is 19.4 Å². The van der Waals surface area contributed by atoms with Crippen LogP contribution in [0, 0.1) is 5.92 Å². The van der Waals surface area contributed by atoms with Crippen molar-refractivity contribution in [3.63, 3.8) is 0 Å². The predicted molar refractivity (Wildman–Crippen MR) is 102 cm³/mol. The van der Waals surface area contributed by atoms with Gasteiger partial charge in [0.1, 0.15) is 24.1 Å². The van der Waals surface area contributed by atoms with Gasteiger partial charge >= 0.3 is 41.6 Å². The van der Waals surface area contributed by atoms with Crippen LogP contribution in [-0.2, 0) is 19.1 Å². The molecule has 11 nitrogen and oxygen atoms in total. The SMILES string of the molecule is NC(=O)OCC1=C(C(=O)O)N2C(=O)[C@@H]3[C@H]2[C@H](C1)CN3CC(=O)Nc1ccc(O)cc1.[H-].[Na+]. The summed E-state index contributed by atoms with van der Waals surface area (Å²) < 4.78 is 4.76. The zero-order chi connectivity index (χ0) is 21.6. The maximum Gasteiger partial charge on any atom is 1.00 e. The van der Waals surface area contributed by atoms with Crippen LogP contribution in [0.5, 0.6) is 5.75 Å². The Kier molecular flexibility index (Phi) is 6.60. The number of nitrogens with one attached hydrogen (secondary N) is 1. The summed E-state index contributed by atoms with van der Waals surface area (Å²) in [5.41, 5.74) is 5.64. The quantitative estimate of drug-likeness (QED) is 0.204. The van der Waals surface area contributed by atoms with E-state index in [1.165, 1.54) is 17.0 Å². The molecule has 0 spiro atoms. The van der Waals surface area contributed by atoms with Gasteiger partial charge in [-0.2, -0.15) is 0 Å². The Hall–Kier alpha value is -2.60. The number of carboxylic acid groups (broad SMARTS) is 1. The Balaban J connectivity index is 0.00000181. The number of likely N-dealkylation sites (tertiary alicyclic amines) is 1. The van der Waals surface area contributed by atoms with Gasteiger partial charge in [0.05, 0.1) is 12.6 Å². The molecular weight excluding hydrogens is 419 g/mol.